The van der Waals surface area contributed by atoms with E-state index in [0.717, 1.165) is 35.2 Å². The van der Waals surface area contributed by atoms with Gasteiger partial charge in [0.15, 0.2) is 0 Å². The lowest BCUT2D eigenvalue weighted by Crippen LogP contribution is -2.13. The van der Waals surface area contributed by atoms with Gasteiger partial charge < -0.3 is 9.84 Å². The van der Waals surface area contributed by atoms with Crippen molar-refractivity contribution in [2.75, 3.05) is 6.61 Å². The van der Waals surface area contributed by atoms with E-state index in [1.165, 1.54) is 5.57 Å². The van der Waals surface area contributed by atoms with Crippen LogP contribution in [0.1, 0.15) is 37.9 Å². The number of pyridine rings is 1. The van der Waals surface area contributed by atoms with Crippen LogP contribution in [0, 0.1) is 5.92 Å². The first-order valence-electron chi connectivity index (χ1n) is 9.57. The number of halogens is 1. The van der Waals surface area contributed by atoms with Crippen LogP contribution >= 0.6 is 11.6 Å². The van der Waals surface area contributed by atoms with Crippen LogP contribution in [0.3, 0.4) is 0 Å². The third kappa shape index (κ3) is 4.92. The zero-order valence-electron chi connectivity index (χ0n) is 16.4. The van der Waals surface area contributed by atoms with Crippen LogP contribution in [0.15, 0.2) is 66.4 Å². The molecule has 2 aromatic rings. The van der Waals surface area contributed by atoms with Crippen molar-refractivity contribution in [3.63, 3.8) is 0 Å². The van der Waals surface area contributed by atoms with E-state index in [1.54, 1.807) is 18.3 Å². The molecule has 0 saturated carbocycles. The fourth-order valence-corrected chi connectivity index (χ4v) is 3.55. The molecule has 146 valence electrons. The van der Waals surface area contributed by atoms with E-state index < -0.39 is 0 Å². The van der Waals surface area contributed by atoms with Crippen molar-refractivity contribution in [3.8, 4) is 5.75 Å². The van der Waals surface area contributed by atoms with Gasteiger partial charge in [-0.05, 0) is 77.5 Å². The number of nitrogens with zero attached hydrogens (tertiary/aromatic N) is 1. The largest absolute Gasteiger partial charge is 0.508 e. The highest BCUT2D eigenvalue weighted by molar-refractivity contribution is 6.32. The summed E-state index contributed by atoms with van der Waals surface area (Å²) in [7, 11) is 0. The molecule has 1 aromatic carbocycles. The second kappa shape index (κ2) is 9.22. The van der Waals surface area contributed by atoms with Gasteiger partial charge >= 0.3 is 0 Å². The zero-order valence-corrected chi connectivity index (χ0v) is 17.1. The Morgan fingerprint density at radius 1 is 1.36 bits per heavy atom. The highest BCUT2D eigenvalue weighted by atomic mass is 35.5. The molecule has 3 rings (SSSR count). The van der Waals surface area contributed by atoms with Gasteiger partial charge in [-0.3, -0.25) is 4.98 Å². The van der Waals surface area contributed by atoms with Gasteiger partial charge in [-0.1, -0.05) is 44.2 Å². The highest BCUT2D eigenvalue weighted by Gasteiger charge is 2.23. The fraction of sp³-hybridized carbons (Fsp3) is 0.292. The lowest BCUT2D eigenvalue weighted by atomic mass is 9.90. The molecule has 1 aliphatic heterocycles. The number of rotatable bonds is 7. The molecule has 1 N–H and O–H groups in total. The van der Waals surface area contributed by atoms with Crippen molar-refractivity contribution >= 4 is 23.3 Å². The molecule has 3 nitrogen and oxygen atoms in total. The Kier molecular flexibility index (Phi) is 6.71. The minimum absolute atomic E-state index is 0.0531. The molecule has 2 heterocycles. The van der Waals surface area contributed by atoms with Gasteiger partial charge in [-0.2, -0.15) is 0 Å². The molecule has 0 radical (unpaired) electrons. The van der Waals surface area contributed by atoms with Crippen molar-refractivity contribution < 1.29 is 9.84 Å². The van der Waals surface area contributed by atoms with Gasteiger partial charge in [0.1, 0.15) is 5.75 Å². The number of ether oxygens (including phenoxy) is 1. The monoisotopic (exact) mass is 395 g/mol. The molecule has 1 unspecified atom stereocenters. The van der Waals surface area contributed by atoms with Gasteiger partial charge in [0, 0.05) is 6.20 Å². The van der Waals surface area contributed by atoms with Crippen molar-refractivity contribution in [1.29, 1.82) is 0 Å². The number of phenols is 1. The van der Waals surface area contributed by atoms with Crippen LogP contribution in [0.25, 0.3) is 11.6 Å². The fourth-order valence-electron chi connectivity index (χ4n) is 3.32. The summed E-state index contributed by atoms with van der Waals surface area (Å²) < 4.78 is 5.95. The van der Waals surface area contributed by atoms with E-state index in [4.69, 9.17) is 16.3 Å². The maximum atomic E-state index is 9.61. The Balaban J connectivity index is 1.84. The number of hydrogen-bond donors (Lipinski definition) is 1. The number of aromatic hydroxyl groups is 1. The zero-order chi connectivity index (χ0) is 20.1. The third-order valence-electron chi connectivity index (χ3n) is 5.00. The van der Waals surface area contributed by atoms with Gasteiger partial charge in [0.25, 0.3) is 0 Å². The molecule has 0 aliphatic carbocycles. The predicted octanol–water partition coefficient (Wildman–Crippen LogP) is 6.30. The van der Waals surface area contributed by atoms with Crippen LogP contribution in [0.2, 0.25) is 5.02 Å². The predicted molar refractivity (Wildman–Crippen MR) is 116 cm³/mol. The lowest BCUT2D eigenvalue weighted by Gasteiger charge is -2.19. The summed E-state index contributed by atoms with van der Waals surface area (Å²) in [6.45, 7) is 9.19. The number of phenolic OH excluding ortho intramolecular Hbond substituents is 1. The summed E-state index contributed by atoms with van der Waals surface area (Å²) in [5.74, 6) is 0.555. The second-order valence-electron chi connectivity index (χ2n) is 7.29. The Bertz CT molecular complexity index is 900. The minimum atomic E-state index is 0.0531. The van der Waals surface area contributed by atoms with Gasteiger partial charge in [-0.15, -0.1) is 0 Å². The van der Waals surface area contributed by atoms with Crippen LogP contribution in [0.5, 0.6) is 5.75 Å². The molecule has 1 atom stereocenters. The van der Waals surface area contributed by atoms with Gasteiger partial charge in [0.2, 0.25) is 0 Å². The molecule has 0 spiro atoms. The van der Waals surface area contributed by atoms with Crippen LogP contribution in [-0.2, 0) is 4.74 Å². The van der Waals surface area contributed by atoms with Crippen LogP contribution in [-0.4, -0.2) is 22.8 Å². The summed E-state index contributed by atoms with van der Waals surface area (Å²) >= 11 is 6.32. The molecule has 0 bridgehead atoms. The van der Waals surface area contributed by atoms with E-state index in [2.05, 4.69) is 31.5 Å². The number of aromatic nitrogens is 1. The Labute approximate surface area is 172 Å². The summed E-state index contributed by atoms with van der Waals surface area (Å²) in [6.07, 6.45) is 7.67. The first kappa shape index (κ1) is 20.4. The maximum absolute atomic E-state index is 9.61. The Hall–Kier alpha value is -2.36. The Morgan fingerprint density at radius 2 is 2.18 bits per heavy atom. The maximum Gasteiger partial charge on any atom is 0.117 e. The molecule has 0 saturated heterocycles. The normalized spacial score (nSPS) is 17.1. The van der Waals surface area contributed by atoms with Crippen molar-refractivity contribution in [1.82, 2.24) is 4.98 Å². The average Bonchev–Trinajstić information content (AvgIpc) is 3.15. The smallest absolute Gasteiger partial charge is 0.117 e. The topological polar surface area (TPSA) is 42.4 Å². The molecule has 4 heteroatoms. The minimum Gasteiger partial charge on any atom is -0.508 e. The van der Waals surface area contributed by atoms with E-state index in [1.807, 2.05) is 30.3 Å². The molecular weight excluding hydrogens is 370 g/mol. The highest BCUT2D eigenvalue weighted by Crippen LogP contribution is 2.33. The van der Waals surface area contributed by atoms with Crippen LogP contribution < -0.4 is 0 Å². The summed E-state index contributed by atoms with van der Waals surface area (Å²) in [4.78, 5) is 4.52. The molecule has 28 heavy (non-hydrogen) atoms. The SMILES string of the molecule is C=C(C1=CCOC1CC/C(=C/c1ccc(O)cc1Cl)c1ccccn1)C(C)C. The van der Waals surface area contributed by atoms with Crippen LogP contribution in [0.4, 0.5) is 0 Å². The van der Waals surface area contributed by atoms with Gasteiger partial charge in [0.05, 0.1) is 23.4 Å². The molecule has 1 aliphatic rings. The summed E-state index contributed by atoms with van der Waals surface area (Å²) in [5, 5.41) is 10.1. The van der Waals surface area contributed by atoms with E-state index in [-0.39, 0.29) is 11.9 Å². The van der Waals surface area contributed by atoms with E-state index >= 15 is 0 Å². The number of hydrogen-bond acceptors (Lipinski definition) is 3. The summed E-state index contributed by atoms with van der Waals surface area (Å²) in [6, 6.07) is 10.9. The van der Waals surface area contributed by atoms with E-state index in [0.29, 0.717) is 17.5 Å². The number of benzene rings is 1. The number of allylic oxidation sites excluding steroid dienone is 1. The molecule has 0 amide bonds. The van der Waals surface area contributed by atoms with Crippen molar-refractivity contribution in [2.24, 2.45) is 5.92 Å². The molecule has 1 aromatic heterocycles. The third-order valence-corrected chi connectivity index (χ3v) is 5.33. The second-order valence-corrected chi connectivity index (χ2v) is 7.70. The quantitative estimate of drug-likeness (QED) is 0.598. The van der Waals surface area contributed by atoms with Crippen molar-refractivity contribution in [2.45, 2.75) is 32.8 Å². The lowest BCUT2D eigenvalue weighted by molar-refractivity contribution is 0.117. The first-order chi connectivity index (χ1) is 13.5. The molecular formula is C24H26ClNO2. The first-order valence-corrected chi connectivity index (χ1v) is 9.95. The molecule has 0 fully saturated rings. The standard InChI is InChI=1S/C24H26ClNO2/c1-16(2)17(3)21-11-13-28-24(21)10-8-19(23-6-4-5-12-26-23)14-18-7-9-20(27)15-22(18)25/h4-7,9,11-12,14-16,24,27H,3,8,10,13H2,1-2H3/b19-14-. The van der Waals surface area contributed by atoms with E-state index in [9.17, 15) is 5.11 Å². The average molecular weight is 396 g/mol. The van der Waals surface area contributed by atoms with Gasteiger partial charge in [-0.25, -0.2) is 0 Å². The summed E-state index contributed by atoms with van der Waals surface area (Å²) in [5.41, 5.74) is 5.22. The Morgan fingerprint density at radius 3 is 2.86 bits per heavy atom. The van der Waals surface area contributed by atoms with Crippen molar-refractivity contribution in [3.05, 3.63) is 82.7 Å².